The summed E-state index contributed by atoms with van der Waals surface area (Å²) in [6, 6.07) is 13.0. The molecule has 0 radical (unpaired) electrons. The van der Waals surface area contributed by atoms with Gasteiger partial charge < -0.3 is 5.32 Å². The van der Waals surface area contributed by atoms with Crippen LogP contribution >= 0.6 is 22.6 Å². The maximum atomic E-state index is 13.0. The number of amides is 1. The normalized spacial score (nSPS) is 10.0. The van der Waals surface area contributed by atoms with Crippen molar-refractivity contribution in [2.45, 2.75) is 0 Å². The van der Waals surface area contributed by atoms with Crippen molar-refractivity contribution in [1.29, 1.82) is 0 Å². The minimum atomic E-state index is -0.416. The Morgan fingerprint density at radius 3 is 2.59 bits per heavy atom. The van der Waals surface area contributed by atoms with E-state index in [4.69, 9.17) is 0 Å². The van der Waals surface area contributed by atoms with E-state index in [9.17, 15) is 9.18 Å². The molecule has 0 atom stereocenters. The fraction of sp³-hybridized carbons (Fsp3) is 0. The molecule has 0 unspecified atom stereocenters. The van der Waals surface area contributed by atoms with Gasteiger partial charge in [0.05, 0.1) is 5.69 Å². The van der Waals surface area contributed by atoms with Crippen LogP contribution in [0.15, 0.2) is 48.5 Å². The standard InChI is InChI=1S/C13H9FINO/c14-10-5-3-4-9(8-10)13(17)16-12-7-2-1-6-11(12)15/h1-8H,(H,16,17). The molecule has 0 bridgehead atoms. The predicted molar refractivity (Wildman–Crippen MR) is 73.5 cm³/mol. The average molecular weight is 341 g/mol. The van der Waals surface area contributed by atoms with Crippen molar-refractivity contribution in [3.05, 3.63) is 63.5 Å². The molecular weight excluding hydrogens is 332 g/mol. The van der Waals surface area contributed by atoms with Gasteiger partial charge in [0.25, 0.3) is 5.91 Å². The van der Waals surface area contributed by atoms with Gasteiger partial charge in [0.1, 0.15) is 5.82 Å². The van der Waals surface area contributed by atoms with Crippen LogP contribution in [0.4, 0.5) is 10.1 Å². The number of anilines is 1. The van der Waals surface area contributed by atoms with E-state index in [1.54, 1.807) is 12.1 Å². The zero-order valence-electron chi connectivity index (χ0n) is 8.78. The minimum absolute atomic E-state index is 0.310. The third kappa shape index (κ3) is 3.03. The second-order valence-electron chi connectivity index (χ2n) is 3.44. The summed E-state index contributed by atoms with van der Waals surface area (Å²) in [5.41, 5.74) is 1.03. The molecule has 2 aromatic carbocycles. The second kappa shape index (κ2) is 5.27. The lowest BCUT2D eigenvalue weighted by atomic mass is 10.2. The van der Waals surface area contributed by atoms with E-state index in [1.807, 2.05) is 18.2 Å². The summed E-state index contributed by atoms with van der Waals surface area (Å²) in [4.78, 5) is 11.8. The van der Waals surface area contributed by atoms with Crippen LogP contribution in [-0.2, 0) is 0 Å². The highest BCUT2D eigenvalue weighted by atomic mass is 127. The highest BCUT2D eigenvalue weighted by Gasteiger charge is 2.08. The molecular formula is C13H9FINO. The third-order valence-corrected chi connectivity index (χ3v) is 3.15. The zero-order chi connectivity index (χ0) is 12.3. The Morgan fingerprint density at radius 1 is 1.12 bits per heavy atom. The first-order chi connectivity index (χ1) is 8.16. The van der Waals surface area contributed by atoms with E-state index in [0.29, 0.717) is 5.56 Å². The second-order valence-corrected chi connectivity index (χ2v) is 4.61. The number of carbonyl (C=O) groups is 1. The van der Waals surface area contributed by atoms with E-state index >= 15 is 0 Å². The molecule has 1 amide bonds. The van der Waals surface area contributed by atoms with Gasteiger partial charge in [0.15, 0.2) is 0 Å². The molecule has 2 aromatic rings. The molecule has 2 nitrogen and oxygen atoms in total. The molecule has 1 N–H and O–H groups in total. The Balaban J connectivity index is 2.20. The molecule has 0 aliphatic carbocycles. The van der Waals surface area contributed by atoms with Crippen molar-refractivity contribution in [3.63, 3.8) is 0 Å². The first kappa shape index (κ1) is 12.0. The molecule has 4 heteroatoms. The zero-order valence-corrected chi connectivity index (χ0v) is 10.9. The Morgan fingerprint density at radius 2 is 1.88 bits per heavy atom. The number of rotatable bonds is 2. The van der Waals surface area contributed by atoms with Crippen molar-refractivity contribution in [3.8, 4) is 0 Å². The van der Waals surface area contributed by atoms with Crippen LogP contribution in [0.3, 0.4) is 0 Å². The van der Waals surface area contributed by atoms with E-state index in [2.05, 4.69) is 27.9 Å². The number of benzene rings is 2. The van der Waals surface area contributed by atoms with Gasteiger partial charge in [0, 0.05) is 9.13 Å². The van der Waals surface area contributed by atoms with Crippen molar-refractivity contribution < 1.29 is 9.18 Å². The summed E-state index contributed by atoms with van der Waals surface area (Å²) >= 11 is 2.13. The van der Waals surface area contributed by atoms with Gasteiger partial charge >= 0.3 is 0 Å². The summed E-state index contributed by atoms with van der Waals surface area (Å²) in [6.07, 6.45) is 0. The highest BCUT2D eigenvalue weighted by molar-refractivity contribution is 14.1. The molecule has 0 aliphatic heterocycles. The molecule has 0 saturated heterocycles. The number of halogens is 2. The lowest BCUT2D eigenvalue weighted by Crippen LogP contribution is -2.12. The Kier molecular flexibility index (Phi) is 3.73. The van der Waals surface area contributed by atoms with Crippen LogP contribution in [0.25, 0.3) is 0 Å². The van der Waals surface area contributed by atoms with E-state index in [-0.39, 0.29) is 5.91 Å². The van der Waals surface area contributed by atoms with Crippen LogP contribution in [0, 0.1) is 9.39 Å². The van der Waals surface area contributed by atoms with Crippen LogP contribution in [0.2, 0.25) is 0 Å². The topological polar surface area (TPSA) is 29.1 Å². The first-order valence-corrected chi connectivity index (χ1v) is 6.06. The van der Waals surface area contributed by atoms with Crippen molar-refractivity contribution in [1.82, 2.24) is 0 Å². The van der Waals surface area contributed by atoms with Crippen molar-refractivity contribution in [2.75, 3.05) is 5.32 Å². The van der Waals surface area contributed by atoms with Gasteiger partial charge in [-0.05, 0) is 52.9 Å². The Hall–Kier alpha value is -1.43. The lowest BCUT2D eigenvalue weighted by molar-refractivity contribution is 0.102. The van der Waals surface area contributed by atoms with Crippen LogP contribution < -0.4 is 5.32 Å². The SMILES string of the molecule is O=C(Nc1ccccc1I)c1cccc(F)c1. The Labute approximate surface area is 112 Å². The van der Waals surface area contributed by atoms with Gasteiger partial charge in [0.2, 0.25) is 0 Å². The molecule has 0 aliphatic rings. The molecule has 0 spiro atoms. The van der Waals surface area contributed by atoms with E-state index < -0.39 is 5.82 Å². The number of hydrogen-bond donors (Lipinski definition) is 1. The van der Waals surface area contributed by atoms with E-state index in [1.165, 1.54) is 18.2 Å². The molecule has 0 fully saturated rings. The number of carbonyl (C=O) groups excluding carboxylic acids is 1. The molecule has 17 heavy (non-hydrogen) atoms. The average Bonchev–Trinajstić information content (AvgIpc) is 2.32. The number of hydrogen-bond acceptors (Lipinski definition) is 1. The van der Waals surface area contributed by atoms with Crippen LogP contribution in [0.5, 0.6) is 0 Å². The van der Waals surface area contributed by atoms with Gasteiger partial charge in [-0.25, -0.2) is 4.39 Å². The summed E-state index contributed by atoms with van der Waals surface area (Å²) < 4.78 is 13.9. The fourth-order valence-electron chi connectivity index (χ4n) is 1.39. The largest absolute Gasteiger partial charge is 0.321 e. The monoisotopic (exact) mass is 341 g/mol. The predicted octanol–water partition coefficient (Wildman–Crippen LogP) is 3.68. The summed E-state index contributed by atoms with van der Waals surface area (Å²) in [7, 11) is 0. The molecule has 0 aromatic heterocycles. The van der Waals surface area contributed by atoms with Gasteiger partial charge in [-0.2, -0.15) is 0 Å². The van der Waals surface area contributed by atoms with Gasteiger partial charge in [-0.3, -0.25) is 4.79 Å². The van der Waals surface area contributed by atoms with Crippen LogP contribution in [-0.4, -0.2) is 5.91 Å². The Bertz CT molecular complexity index is 557. The molecule has 2 rings (SSSR count). The van der Waals surface area contributed by atoms with Gasteiger partial charge in [-0.15, -0.1) is 0 Å². The first-order valence-electron chi connectivity index (χ1n) is 4.98. The summed E-state index contributed by atoms with van der Waals surface area (Å²) in [5.74, 6) is -0.728. The smallest absolute Gasteiger partial charge is 0.255 e. The molecule has 0 saturated carbocycles. The van der Waals surface area contributed by atoms with Crippen molar-refractivity contribution in [2.24, 2.45) is 0 Å². The highest BCUT2D eigenvalue weighted by Crippen LogP contribution is 2.18. The quantitative estimate of drug-likeness (QED) is 0.830. The summed E-state index contributed by atoms with van der Waals surface area (Å²) in [6.45, 7) is 0. The lowest BCUT2D eigenvalue weighted by Gasteiger charge is -2.07. The third-order valence-electron chi connectivity index (χ3n) is 2.21. The fourth-order valence-corrected chi connectivity index (χ4v) is 1.91. The summed E-state index contributed by atoms with van der Waals surface area (Å²) in [5, 5.41) is 2.74. The minimum Gasteiger partial charge on any atom is -0.321 e. The molecule has 0 heterocycles. The maximum Gasteiger partial charge on any atom is 0.255 e. The molecule has 86 valence electrons. The van der Waals surface area contributed by atoms with Gasteiger partial charge in [-0.1, -0.05) is 18.2 Å². The number of para-hydroxylation sites is 1. The maximum absolute atomic E-state index is 13.0. The van der Waals surface area contributed by atoms with E-state index in [0.717, 1.165) is 9.26 Å². The number of nitrogens with one attached hydrogen (secondary N) is 1. The van der Waals surface area contributed by atoms with Crippen molar-refractivity contribution >= 4 is 34.2 Å². The van der Waals surface area contributed by atoms with Crippen LogP contribution in [0.1, 0.15) is 10.4 Å².